The molecule has 1 aromatic rings. The standard InChI is InChI=1S/C13H23N3O/c1-5-12-7-16(9(2)6-14-12)8-13-15-10(3)11(4)17-13/h9,12,14H,5-8H2,1-4H3. The number of nitrogens with one attached hydrogen (secondary N) is 1. The molecule has 0 spiro atoms. The lowest BCUT2D eigenvalue weighted by molar-refractivity contribution is 0.120. The average Bonchev–Trinajstić information content (AvgIpc) is 2.61. The van der Waals surface area contributed by atoms with Crippen LogP contribution in [0.4, 0.5) is 0 Å². The third-order valence-corrected chi connectivity index (χ3v) is 3.68. The molecule has 1 aliphatic rings. The van der Waals surface area contributed by atoms with E-state index in [4.69, 9.17) is 4.42 Å². The van der Waals surface area contributed by atoms with E-state index < -0.39 is 0 Å². The Labute approximate surface area is 103 Å². The van der Waals surface area contributed by atoms with Gasteiger partial charge in [-0.05, 0) is 27.2 Å². The number of hydrogen-bond donors (Lipinski definition) is 1. The van der Waals surface area contributed by atoms with Crippen LogP contribution in [0, 0.1) is 13.8 Å². The number of aryl methyl sites for hydroxylation is 2. The van der Waals surface area contributed by atoms with Crippen molar-refractivity contribution in [3.8, 4) is 0 Å². The van der Waals surface area contributed by atoms with Crippen molar-refractivity contribution in [1.82, 2.24) is 15.2 Å². The molecule has 0 bridgehead atoms. The lowest BCUT2D eigenvalue weighted by Crippen LogP contribution is -2.54. The number of rotatable bonds is 3. The molecule has 2 heterocycles. The van der Waals surface area contributed by atoms with Crippen LogP contribution in [0.2, 0.25) is 0 Å². The van der Waals surface area contributed by atoms with E-state index in [1.54, 1.807) is 0 Å². The van der Waals surface area contributed by atoms with Crippen LogP contribution in [0.3, 0.4) is 0 Å². The summed E-state index contributed by atoms with van der Waals surface area (Å²) < 4.78 is 5.66. The molecule has 4 heteroatoms. The van der Waals surface area contributed by atoms with Crippen molar-refractivity contribution in [2.45, 2.75) is 52.7 Å². The molecule has 2 atom stereocenters. The zero-order chi connectivity index (χ0) is 12.4. The summed E-state index contributed by atoms with van der Waals surface area (Å²) in [6, 6.07) is 1.15. The molecule has 0 saturated carbocycles. The summed E-state index contributed by atoms with van der Waals surface area (Å²) in [4.78, 5) is 6.91. The number of piperazine rings is 1. The van der Waals surface area contributed by atoms with Crippen molar-refractivity contribution in [3.63, 3.8) is 0 Å². The summed E-state index contributed by atoms with van der Waals surface area (Å²) in [7, 11) is 0. The van der Waals surface area contributed by atoms with Gasteiger partial charge in [-0.2, -0.15) is 0 Å². The molecule has 2 rings (SSSR count). The first-order chi connectivity index (χ1) is 8.10. The fraction of sp³-hybridized carbons (Fsp3) is 0.769. The van der Waals surface area contributed by atoms with Gasteiger partial charge in [0.15, 0.2) is 0 Å². The molecule has 1 aliphatic heterocycles. The Kier molecular flexibility index (Phi) is 3.84. The van der Waals surface area contributed by atoms with E-state index >= 15 is 0 Å². The minimum absolute atomic E-state index is 0.547. The fourth-order valence-corrected chi connectivity index (χ4v) is 2.27. The first-order valence-electron chi connectivity index (χ1n) is 6.50. The van der Waals surface area contributed by atoms with E-state index in [1.165, 1.54) is 6.42 Å². The Morgan fingerprint density at radius 2 is 2.24 bits per heavy atom. The first kappa shape index (κ1) is 12.6. The summed E-state index contributed by atoms with van der Waals surface area (Å²) in [5, 5.41) is 3.56. The summed E-state index contributed by atoms with van der Waals surface area (Å²) in [6.45, 7) is 11.4. The van der Waals surface area contributed by atoms with Gasteiger partial charge in [0.2, 0.25) is 5.89 Å². The van der Waals surface area contributed by atoms with Crippen LogP contribution in [0.25, 0.3) is 0 Å². The molecule has 0 aromatic carbocycles. The van der Waals surface area contributed by atoms with Crippen molar-refractivity contribution in [1.29, 1.82) is 0 Å². The summed E-state index contributed by atoms with van der Waals surface area (Å²) in [5.74, 6) is 1.79. The second kappa shape index (κ2) is 5.19. The Balaban J connectivity index is 2.01. The van der Waals surface area contributed by atoms with Gasteiger partial charge in [-0.1, -0.05) is 6.92 Å². The largest absolute Gasteiger partial charge is 0.444 e. The van der Waals surface area contributed by atoms with E-state index in [0.29, 0.717) is 12.1 Å². The lowest BCUT2D eigenvalue weighted by Gasteiger charge is -2.37. The number of oxazole rings is 1. The summed E-state index contributed by atoms with van der Waals surface area (Å²) in [6.07, 6.45) is 1.17. The van der Waals surface area contributed by atoms with Crippen molar-refractivity contribution < 1.29 is 4.42 Å². The van der Waals surface area contributed by atoms with Crippen molar-refractivity contribution in [2.75, 3.05) is 13.1 Å². The van der Waals surface area contributed by atoms with Gasteiger partial charge in [-0.3, -0.25) is 4.90 Å². The monoisotopic (exact) mass is 237 g/mol. The number of hydrogen-bond acceptors (Lipinski definition) is 4. The second-order valence-electron chi connectivity index (χ2n) is 5.04. The maximum absolute atomic E-state index is 5.66. The van der Waals surface area contributed by atoms with Gasteiger partial charge in [-0.25, -0.2) is 4.98 Å². The quantitative estimate of drug-likeness (QED) is 0.871. The zero-order valence-electron chi connectivity index (χ0n) is 11.3. The van der Waals surface area contributed by atoms with E-state index in [2.05, 4.69) is 29.0 Å². The van der Waals surface area contributed by atoms with E-state index in [0.717, 1.165) is 37.0 Å². The first-order valence-corrected chi connectivity index (χ1v) is 6.50. The molecule has 4 nitrogen and oxygen atoms in total. The molecule has 2 unspecified atom stereocenters. The number of aromatic nitrogens is 1. The van der Waals surface area contributed by atoms with Gasteiger partial charge in [-0.15, -0.1) is 0 Å². The van der Waals surface area contributed by atoms with E-state index in [-0.39, 0.29) is 0 Å². The molecule has 1 fully saturated rings. The minimum Gasteiger partial charge on any atom is -0.444 e. The third-order valence-electron chi connectivity index (χ3n) is 3.68. The molecule has 0 amide bonds. The van der Waals surface area contributed by atoms with Crippen LogP contribution >= 0.6 is 0 Å². The van der Waals surface area contributed by atoms with Gasteiger partial charge < -0.3 is 9.73 Å². The van der Waals surface area contributed by atoms with Gasteiger partial charge in [0, 0.05) is 25.2 Å². The van der Waals surface area contributed by atoms with Crippen LogP contribution in [0.15, 0.2) is 4.42 Å². The molecule has 0 radical (unpaired) electrons. The highest BCUT2D eigenvalue weighted by Gasteiger charge is 2.25. The smallest absolute Gasteiger partial charge is 0.208 e. The second-order valence-corrected chi connectivity index (χ2v) is 5.04. The predicted octanol–water partition coefficient (Wildman–Crippen LogP) is 1.86. The Hall–Kier alpha value is -0.870. The van der Waals surface area contributed by atoms with Crippen LogP contribution < -0.4 is 5.32 Å². The maximum Gasteiger partial charge on any atom is 0.208 e. The van der Waals surface area contributed by atoms with Crippen LogP contribution in [0.5, 0.6) is 0 Å². The maximum atomic E-state index is 5.66. The molecule has 96 valence electrons. The van der Waals surface area contributed by atoms with Crippen molar-refractivity contribution in [3.05, 3.63) is 17.3 Å². The predicted molar refractivity (Wildman–Crippen MR) is 67.9 cm³/mol. The Morgan fingerprint density at radius 3 is 2.82 bits per heavy atom. The number of nitrogens with zero attached hydrogens (tertiary/aromatic N) is 2. The summed E-state index contributed by atoms with van der Waals surface area (Å²) in [5.41, 5.74) is 1.01. The van der Waals surface area contributed by atoms with Gasteiger partial charge in [0.05, 0.1) is 12.2 Å². The Morgan fingerprint density at radius 1 is 1.47 bits per heavy atom. The van der Waals surface area contributed by atoms with E-state index in [1.807, 2.05) is 13.8 Å². The van der Waals surface area contributed by atoms with Crippen LogP contribution in [-0.4, -0.2) is 35.1 Å². The average molecular weight is 237 g/mol. The molecule has 1 N–H and O–H groups in total. The van der Waals surface area contributed by atoms with Gasteiger partial charge in [0.1, 0.15) is 5.76 Å². The molecular formula is C13H23N3O. The SMILES string of the molecule is CCC1CN(Cc2nc(C)c(C)o2)C(C)CN1. The van der Waals surface area contributed by atoms with Gasteiger partial charge >= 0.3 is 0 Å². The molecular weight excluding hydrogens is 214 g/mol. The zero-order valence-corrected chi connectivity index (χ0v) is 11.3. The molecule has 17 heavy (non-hydrogen) atoms. The molecule has 1 saturated heterocycles. The normalized spacial score (nSPS) is 26.4. The van der Waals surface area contributed by atoms with Crippen molar-refractivity contribution in [2.24, 2.45) is 0 Å². The highest BCUT2D eigenvalue weighted by Crippen LogP contribution is 2.15. The third kappa shape index (κ3) is 2.87. The minimum atomic E-state index is 0.547. The van der Waals surface area contributed by atoms with Crippen molar-refractivity contribution >= 4 is 0 Å². The molecule has 0 aliphatic carbocycles. The highest BCUT2D eigenvalue weighted by atomic mass is 16.4. The topological polar surface area (TPSA) is 41.3 Å². The fourth-order valence-electron chi connectivity index (χ4n) is 2.27. The van der Waals surface area contributed by atoms with Gasteiger partial charge in [0.25, 0.3) is 0 Å². The summed E-state index contributed by atoms with van der Waals surface area (Å²) >= 11 is 0. The lowest BCUT2D eigenvalue weighted by atomic mass is 10.1. The van der Waals surface area contributed by atoms with E-state index in [9.17, 15) is 0 Å². The molecule has 1 aromatic heterocycles. The highest BCUT2D eigenvalue weighted by molar-refractivity contribution is 5.05. The Bertz CT molecular complexity index is 355. The van der Waals surface area contributed by atoms with Crippen LogP contribution in [-0.2, 0) is 6.54 Å². The van der Waals surface area contributed by atoms with Crippen LogP contribution in [0.1, 0.15) is 37.6 Å².